The molecule has 0 aliphatic heterocycles. The predicted octanol–water partition coefficient (Wildman–Crippen LogP) is 0.401. The highest BCUT2D eigenvalue weighted by atomic mass is 16.3. The first-order chi connectivity index (χ1) is 6.61. The quantitative estimate of drug-likeness (QED) is 0.718. The van der Waals surface area contributed by atoms with Crippen LogP contribution in [-0.2, 0) is 13.0 Å². The van der Waals surface area contributed by atoms with Crippen LogP contribution in [0.1, 0.15) is 19.5 Å². The molecule has 0 aliphatic rings. The molecule has 1 heterocycles. The lowest BCUT2D eigenvalue weighted by molar-refractivity contribution is 0.264. The average Bonchev–Trinajstić information content (AvgIpc) is 2.51. The summed E-state index contributed by atoms with van der Waals surface area (Å²) in [6.07, 6.45) is 4.45. The Kier molecular flexibility index (Phi) is 4.10. The highest BCUT2D eigenvalue weighted by Gasteiger charge is 2.05. The molecule has 0 aromatic carbocycles. The van der Waals surface area contributed by atoms with Gasteiger partial charge in [-0.3, -0.25) is 0 Å². The third-order valence-corrected chi connectivity index (χ3v) is 1.97. The van der Waals surface area contributed by atoms with E-state index in [2.05, 4.69) is 23.4 Å². The summed E-state index contributed by atoms with van der Waals surface area (Å²) in [5.74, 6) is 0.614. The molecule has 1 aromatic heterocycles. The molecule has 4 nitrogen and oxygen atoms in total. The first kappa shape index (κ1) is 11.2. The van der Waals surface area contributed by atoms with Gasteiger partial charge in [0.15, 0.2) is 0 Å². The standard InChI is InChI=1S/C10H19N3O/c1-8(2)4-13-5-10(12-7-13)3-9(11)6-14/h5,7-9,14H,3-4,6,11H2,1-2H3/t9-/m0/s1. The zero-order valence-electron chi connectivity index (χ0n) is 8.85. The Morgan fingerprint density at radius 3 is 2.86 bits per heavy atom. The molecule has 14 heavy (non-hydrogen) atoms. The summed E-state index contributed by atoms with van der Waals surface area (Å²) in [6, 6.07) is -0.197. The van der Waals surface area contributed by atoms with E-state index in [1.165, 1.54) is 0 Å². The molecule has 0 saturated carbocycles. The number of hydrogen-bond acceptors (Lipinski definition) is 3. The number of aromatic nitrogens is 2. The second-order valence-corrected chi connectivity index (χ2v) is 4.10. The van der Waals surface area contributed by atoms with Gasteiger partial charge in [-0.2, -0.15) is 0 Å². The monoisotopic (exact) mass is 197 g/mol. The van der Waals surface area contributed by atoms with Gasteiger partial charge in [0.05, 0.1) is 18.6 Å². The van der Waals surface area contributed by atoms with Gasteiger partial charge < -0.3 is 15.4 Å². The molecule has 0 fully saturated rings. The van der Waals surface area contributed by atoms with E-state index in [1.807, 2.05) is 12.5 Å². The summed E-state index contributed by atoms with van der Waals surface area (Å²) in [5.41, 5.74) is 6.57. The van der Waals surface area contributed by atoms with Crippen molar-refractivity contribution in [1.29, 1.82) is 0 Å². The molecular weight excluding hydrogens is 178 g/mol. The van der Waals surface area contributed by atoms with Crippen molar-refractivity contribution in [2.75, 3.05) is 6.61 Å². The van der Waals surface area contributed by atoms with Crippen LogP contribution < -0.4 is 5.73 Å². The number of aliphatic hydroxyl groups is 1. The van der Waals surface area contributed by atoms with Gasteiger partial charge in [-0.05, 0) is 5.92 Å². The van der Waals surface area contributed by atoms with Crippen molar-refractivity contribution in [3.05, 3.63) is 18.2 Å². The van der Waals surface area contributed by atoms with Crippen LogP contribution >= 0.6 is 0 Å². The van der Waals surface area contributed by atoms with Gasteiger partial charge in [-0.25, -0.2) is 4.98 Å². The second kappa shape index (κ2) is 5.12. The third kappa shape index (κ3) is 3.47. The van der Waals surface area contributed by atoms with Crippen LogP contribution in [0.5, 0.6) is 0 Å². The Morgan fingerprint density at radius 2 is 2.29 bits per heavy atom. The van der Waals surface area contributed by atoms with E-state index in [0.29, 0.717) is 12.3 Å². The lowest BCUT2D eigenvalue weighted by Gasteiger charge is -2.05. The molecule has 0 bridgehead atoms. The van der Waals surface area contributed by atoms with Crippen molar-refractivity contribution in [3.8, 4) is 0 Å². The number of aliphatic hydroxyl groups excluding tert-OH is 1. The average molecular weight is 197 g/mol. The van der Waals surface area contributed by atoms with Gasteiger partial charge in [0.1, 0.15) is 0 Å². The minimum Gasteiger partial charge on any atom is -0.395 e. The molecule has 0 aliphatic carbocycles. The maximum absolute atomic E-state index is 8.79. The molecular formula is C10H19N3O. The number of imidazole rings is 1. The molecule has 1 atom stereocenters. The molecule has 1 rings (SSSR count). The van der Waals surface area contributed by atoms with E-state index in [4.69, 9.17) is 10.8 Å². The van der Waals surface area contributed by atoms with Gasteiger partial charge in [0.2, 0.25) is 0 Å². The summed E-state index contributed by atoms with van der Waals surface area (Å²) < 4.78 is 2.06. The third-order valence-electron chi connectivity index (χ3n) is 1.97. The van der Waals surface area contributed by atoms with Crippen molar-refractivity contribution in [3.63, 3.8) is 0 Å². The molecule has 3 N–H and O–H groups in total. The van der Waals surface area contributed by atoms with Gasteiger partial charge >= 0.3 is 0 Å². The Hall–Kier alpha value is -0.870. The SMILES string of the molecule is CC(C)Cn1cnc(C[C@H](N)CO)c1. The highest BCUT2D eigenvalue weighted by molar-refractivity contribution is 4.99. The van der Waals surface area contributed by atoms with E-state index >= 15 is 0 Å². The number of nitrogens with zero attached hydrogens (tertiary/aromatic N) is 2. The van der Waals surface area contributed by atoms with Crippen molar-refractivity contribution in [1.82, 2.24) is 9.55 Å². The van der Waals surface area contributed by atoms with Crippen LogP contribution in [0.4, 0.5) is 0 Å². The topological polar surface area (TPSA) is 64.1 Å². The minimum absolute atomic E-state index is 0.0110. The molecule has 0 saturated heterocycles. The van der Waals surface area contributed by atoms with Crippen molar-refractivity contribution >= 4 is 0 Å². The van der Waals surface area contributed by atoms with Crippen molar-refractivity contribution in [2.45, 2.75) is 32.9 Å². The van der Waals surface area contributed by atoms with Crippen LogP contribution in [0.15, 0.2) is 12.5 Å². The highest BCUT2D eigenvalue weighted by Crippen LogP contribution is 2.03. The number of nitrogens with two attached hydrogens (primary N) is 1. The fourth-order valence-electron chi connectivity index (χ4n) is 1.37. The van der Waals surface area contributed by atoms with E-state index < -0.39 is 0 Å². The van der Waals surface area contributed by atoms with E-state index in [-0.39, 0.29) is 12.6 Å². The second-order valence-electron chi connectivity index (χ2n) is 4.10. The Morgan fingerprint density at radius 1 is 1.57 bits per heavy atom. The van der Waals surface area contributed by atoms with Gasteiger partial charge in [0.25, 0.3) is 0 Å². The van der Waals surface area contributed by atoms with Crippen LogP contribution in [0.3, 0.4) is 0 Å². The Balaban J connectivity index is 2.50. The molecule has 0 radical (unpaired) electrons. The molecule has 0 amide bonds. The van der Waals surface area contributed by atoms with Gasteiger partial charge in [-0.15, -0.1) is 0 Å². The predicted molar refractivity (Wildman–Crippen MR) is 55.8 cm³/mol. The first-order valence-corrected chi connectivity index (χ1v) is 4.99. The molecule has 80 valence electrons. The van der Waals surface area contributed by atoms with Gasteiger partial charge in [-0.1, -0.05) is 13.8 Å². The van der Waals surface area contributed by atoms with E-state index in [1.54, 1.807) is 0 Å². The van der Waals surface area contributed by atoms with Crippen LogP contribution in [-0.4, -0.2) is 27.3 Å². The first-order valence-electron chi connectivity index (χ1n) is 4.99. The van der Waals surface area contributed by atoms with E-state index in [9.17, 15) is 0 Å². The van der Waals surface area contributed by atoms with E-state index in [0.717, 1.165) is 12.2 Å². The summed E-state index contributed by atoms with van der Waals surface area (Å²) in [5, 5.41) is 8.79. The summed E-state index contributed by atoms with van der Waals surface area (Å²) >= 11 is 0. The smallest absolute Gasteiger partial charge is 0.0949 e. The molecule has 0 spiro atoms. The maximum Gasteiger partial charge on any atom is 0.0949 e. The van der Waals surface area contributed by atoms with Crippen LogP contribution in [0.2, 0.25) is 0 Å². The molecule has 4 heteroatoms. The van der Waals surface area contributed by atoms with Crippen LogP contribution in [0, 0.1) is 5.92 Å². The lowest BCUT2D eigenvalue weighted by atomic mass is 10.2. The number of hydrogen-bond donors (Lipinski definition) is 2. The Labute approximate surface area is 84.8 Å². The molecule has 0 unspecified atom stereocenters. The van der Waals surface area contributed by atoms with Crippen molar-refractivity contribution in [2.24, 2.45) is 11.7 Å². The lowest BCUT2D eigenvalue weighted by Crippen LogP contribution is -2.26. The fourth-order valence-corrected chi connectivity index (χ4v) is 1.37. The minimum atomic E-state index is -0.197. The van der Waals surface area contributed by atoms with Crippen molar-refractivity contribution < 1.29 is 5.11 Å². The number of rotatable bonds is 5. The van der Waals surface area contributed by atoms with Crippen LogP contribution in [0.25, 0.3) is 0 Å². The zero-order valence-corrected chi connectivity index (χ0v) is 8.85. The largest absolute Gasteiger partial charge is 0.395 e. The molecule has 1 aromatic rings. The zero-order chi connectivity index (χ0) is 10.6. The normalized spacial score (nSPS) is 13.5. The maximum atomic E-state index is 8.79. The summed E-state index contributed by atoms with van der Waals surface area (Å²) in [4.78, 5) is 4.23. The summed E-state index contributed by atoms with van der Waals surface area (Å²) in [7, 11) is 0. The Bertz CT molecular complexity index is 270. The fraction of sp³-hybridized carbons (Fsp3) is 0.700. The van der Waals surface area contributed by atoms with Gasteiger partial charge in [0, 0.05) is 25.2 Å². The summed E-state index contributed by atoms with van der Waals surface area (Å²) in [6.45, 7) is 5.32.